The average molecular weight is 183 g/mol. The van der Waals surface area contributed by atoms with Gasteiger partial charge in [0.15, 0.2) is 5.65 Å². The number of aromatic nitrogens is 2. The summed E-state index contributed by atoms with van der Waals surface area (Å²) in [6.07, 6.45) is 0. The van der Waals surface area contributed by atoms with Gasteiger partial charge in [0.05, 0.1) is 0 Å². The molecule has 0 aliphatic carbocycles. The molecule has 2 aromatic heterocycles. The Morgan fingerprint density at radius 2 is 1.83 bits per heavy atom. The Hall–Kier alpha value is -1.22. The Labute approximate surface area is 73.0 Å². The van der Waals surface area contributed by atoms with Crippen LogP contribution in [0.3, 0.4) is 0 Å². The molecule has 0 aromatic carbocycles. The van der Waals surface area contributed by atoms with E-state index >= 15 is 0 Å². The fourth-order valence-corrected chi connectivity index (χ4v) is 1.10. The van der Waals surface area contributed by atoms with Crippen LogP contribution in [-0.2, 0) is 0 Å². The van der Waals surface area contributed by atoms with Gasteiger partial charge in [-0.2, -0.15) is 9.37 Å². The maximum Gasteiger partial charge on any atom is 0.214 e. The largest absolute Gasteiger partial charge is 0.216 e. The maximum atomic E-state index is 12.6. The first-order valence-corrected chi connectivity index (χ1v) is 3.72. The lowest BCUT2D eigenvalue weighted by Crippen LogP contribution is -1.86. The van der Waals surface area contributed by atoms with Crippen molar-refractivity contribution in [3.63, 3.8) is 0 Å². The van der Waals surface area contributed by atoms with Gasteiger partial charge in [-0.15, -0.1) is 0 Å². The van der Waals surface area contributed by atoms with E-state index < -0.39 is 5.95 Å². The molecule has 0 saturated carbocycles. The van der Waals surface area contributed by atoms with Crippen LogP contribution in [0.2, 0.25) is 5.15 Å². The van der Waals surface area contributed by atoms with Crippen LogP contribution in [0.1, 0.15) is 0 Å². The van der Waals surface area contributed by atoms with Crippen LogP contribution < -0.4 is 0 Å². The molecule has 0 atom stereocenters. The van der Waals surface area contributed by atoms with E-state index in [2.05, 4.69) is 9.97 Å². The summed E-state index contributed by atoms with van der Waals surface area (Å²) in [5.41, 5.74) is 0.336. The van der Waals surface area contributed by atoms with Gasteiger partial charge < -0.3 is 0 Å². The molecule has 0 bridgehead atoms. The molecular weight excluding hydrogens is 179 g/mol. The summed E-state index contributed by atoms with van der Waals surface area (Å²) in [5.74, 6) is -0.544. The van der Waals surface area contributed by atoms with Crippen LogP contribution in [0.15, 0.2) is 24.3 Å². The van der Waals surface area contributed by atoms with Crippen molar-refractivity contribution >= 4 is 22.6 Å². The van der Waals surface area contributed by atoms with Crippen molar-refractivity contribution in [3.05, 3.63) is 35.4 Å². The van der Waals surface area contributed by atoms with Crippen molar-refractivity contribution in [2.24, 2.45) is 0 Å². The zero-order valence-electron chi connectivity index (χ0n) is 5.96. The smallest absolute Gasteiger partial charge is 0.214 e. The van der Waals surface area contributed by atoms with Gasteiger partial charge in [-0.3, -0.25) is 0 Å². The first-order chi connectivity index (χ1) is 5.75. The van der Waals surface area contributed by atoms with Gasteiger partial charge in [0.1, 0.15) is 5.15 Å². The normalized spacial score (nSPS) is 10.5. The minimum Gasteiger partial charge on any atom is -0.216 e. The Balaban J connectivity index is 2.80. The molecule has 4 heteroatoms. The molecule has 2 aromatic rings. The molecule has 0 aliphatic rings. The van der Waals surface area contributed by atoms with Crippen LogP contribution in [0, 0.1) is 5.95 Å². The van der Waals surface area contributed by atoms with Crippen molar-refractivity contribution in [3.8, 4) is 0 Å². The fourth-order valence-electron chi connectivity index (χ4n) is 0.953. The minimum atomic E-state index is -0.544. The summed E-state index contributed by atoms with van der Waals surface area (Å²) in [7, 11) is 0. The third kappa shape index (κ3) is 1.23. The molecule has 0 fully saturated rings. The molecule has 12 heavy (non-hydrogen) atoms. The third-order valence-corrected chi connectivity index (χ3v) is 1.69. The molecule has 2 nitrogen and oxygen atoms in total. The highest BCUT2D eigenvalue weighted by Gasteiger charge is 1.98. The molecule has 0 unspecified atom stereocenters. The molecule has 0 amide bonds. The molecule has 2 heterocycles. The predicted octanol–water partition coefficient (Wildman–Crippen LogP) is 2.42. The van der Waals surface area contributed by atoms with Crippen molar-refractivity contribution in [1.29, 1.82) is 0 Å². The lowest BCUT2D eigenvalue weighted by atomic mass is 10.3. The van der Waals surface area contributed by atoms with Gasteiger partial charge in [-0.05, 0) is 24.3 Å². The summed E-state index contributed by atoms with van der Waals surface area (Å²) in [6, 6.07) is 6.29. The van der Waals surface area contributed by atoms with E-state index in [1.807, 2.05) is 0 Å². The summed E-state index contributed by atoms with van der Waals surface area (Å²) >= 11 is 5.60. The summed E-state index contributed by atoms with van der Waals surface area (Å²) in [5, 5.41) is 1.10. The molecular formula is C8H4ClFN2. The SMILES string of the molecule is Fc1ccc2ccc(Cl)nc2n1. The number of rotatable bonds is 0. The Kier molecular flexibility index (Phi) is 1.66. The second-order valence-electron chi connectivity index (χ2n) is 2.31. The number of fused-ring (bicyclic) bond motifs is 1. The molecule has 0 N–H and O–H groups in total. The van der Waals surface area contributed by atoms with Crippen LogP contribution in [0.4, 0.5) is 4.39 Å². The lowest BCUT2D eigenvalue weighted by molar-refractivity contribution is 0.588. The number of hydrogen-bond donors (Lipinski definition) is 0. The standard InChI is InChI=1S/C8H4ClFN2/c9-6-3-1-5-2-4-7(10)12-8(5)11-6/h1-4H. The predicted molar refractivity (Wildman–Crippen MR) is 44.5 cm³/mol. The Morgan fingerprint density at radius 1 is 1.08 bits per heavy atom. The Morgan fingerprint density at radius 3 is 2.67 bits per heavy atom. The zero-order valence-corrected chi connectivity index (χ0v) is 6.72. The van der Waals surface area contributed by atoms with Gasteiger partial charge in [0, 0.05) is 5.39 Å². The van der Waals surface area contributed by atoms with Crippen LogP contribution in [0.5, 0.6) is 0 Å². The monoisotopic (exact) mass is 182 g/mol. The highest BCUT2D eigenvalue weighted by molar-refractivity contribution is 6.29. The van der Waals surface area contributed by atoms with E-state index in [0.29, 0.717) is 10.8 Å². The lowest BCUT2D eigenvalue weighted by Gasteiger charge is -1.95. The highest BCUT2D eigenvalue weighted by atomic mass is 35.5. The Bertz CT molecular complexity index is 394. The first kappa shape index (κ1) is 7.43. The van der Waals surface area contributed by atoms with Crippen LogP contribution >= 0.6 is 11.6 Å². The van der Waals surface area contributed by atoms with Crippen molar-refractivity contribution in [2.45, 2.75) is 0 Å². The van der Waals surface area contributed by atoms with Crippen molar-refractivity contribution in [1.82, 2.24) is 9.97 Å². The van der Waals surface area contributed by atoms with E-state index in [4.69, 9.17) is 11.6 Å². The summed E-state index contributed by atoms with van der Waals surface area (Å²) < 4.78 is 12.6. The second kappa shape index (κ2) is 2.68. The zero-order chi connectivity index (χ0) is 8.55. The number of halogens is 2. The number of pyridine rings is 2. The third-order valence-electron chi connectivity index (χ3n) is 1.48. The molecule has 0 saturated heterocycles. The van der Waals surface area contributed by atoms with Crippen molar-refractivity contribution in [2.75, 3.05) is 0 Å². The van der Waals surface area contributed by atoms with E-state index in [9.17, 15) is 4.39 Å². The van der Waals surface area contributed by atoms with Crippen molar-refractivity contribution < 1.29 is 4.39 Å². The van der Waals surface area contributed by atoms with Gasteiger partial charge in [0.2, 0.25) is 5.95 Å². The summed E-state index contributed by atoms with van der Waals surface area (Å²) in [6.45, 7) is 0. The maximum absolute atomic E-state index is 12.6. The number of hydrogen-bond acceptors (Lipinski definition) is 2. The minimum absolute atomic E-state index is 0.320. The van der Waals surface area contributed by atoms with Gasteiger partial charge >= 0.3 is 0 Å². The fraction of sp³-hybridized carbons (Fsp3) is 0. The van der Waals surface area contributed by atoms with Crippen LogP contribution in [0.25, 0.3) is 11.0 Å². The average Bonchev–Trinajstić information content (AvgIpc) is 2.03. The number of nitrogens with zero attached hydrogens (tertiary/aromatic N) is 2. The highest BCUT2D eigenvalue weighted by Crippen LogP contribution is 2.13. The van der Waals surface area contributed by atoms with Crippen LogP contribution in [-0.4, -0.2) is 9.97 Å². The second-order valence-corrected chi connectivity index (χ2v) is 2.70. The topological polar surface area (TPSA) is 25.8 Å². The van der Waals surface area contributed by atoms with Gasteiger partial charge in [-0.25, -0.2) is 4.98 Å². The van der Waals surface area contributed by atoms with E-state index in [1.165, 1.54) is 6.07 Å². The van der Waals surface area contributed by atoms with E-state index in [1.54, 1.807) is 18.2 Å². The van der Waals surface area contributed by atoms with E-state index in [0.717, 1.165) is 5.39 Å². The summed E-state index contributed by atoms with van der Waals surface area (Å²) in [4.78, 5) is 7.43. The van der Waals surface area contributed by atoms with Gasteiger partial charge in [-0.1, -0.05) is 11.6 Å². The quantitative estimate of drug-likeness (QED) is 0.585. The molecule has 0 radical (unpaired) electrons. The van der Waals surface area contributed by atoms with E-state index in [-0.39, 0.29) is 0 Å². The molecule has 0 aliphatic heterocycles. The molecule has 2 rings (SSSR count). The molecule has 60 valence electrons. The first-order valence-electron chi connectivity index (χ1n) is 3.34. The molecule has 0 spiro atoms. The van der Waals surface area contributed by atoms with Gasteiger partial charge in [0.25, 0.3) is 0 Å².